The minimum Gasteiger partial charge on any atom is -0.369 e. The molecule has 6 heteroatoms. The smallest absolute Gasteiger partial charge is 0.252 e. The van der Waals surface area contributed by atoms with Crippen LogP contribution in [0.4, 0.5) is 0 Å². The van der Waals surface area contributed by atoms with Crippen LogP contribution in [-0.2, 0) is 0 Å². The lowest BCUT2D eigenvalue weighted by Gasteiger charge is -2.20. The van der Waals surface area contributed by atoms with Gasteiger partial charge in [0.05, 0.1) is 0 Å². The van der Waals surface area contributed by atoms with Gasteiger partial charge >= 0.3 is 0 Å². The lowest BCUT2D eigenvalue weighted by molar-refractivity contribution is 0.104. The number of aromatic nitrogens is 1. The van der Waals surface area contributed by atoms with Crippen molar-refractivity contribution in [1.29, 1.82) is 0 Å². The van der Waals surface area contributed by atoms with Gasteiger partial charge in [-0.3, -0.25) is 9.36 Å². The molecule has 0 fully saturated rings. The van der Waals surface area contributed by atoms with Crippen molar-refractivity contribution >= 4 is 34.8 Å². The van der Waals surface area contributed by atoms with E-state index in [-0.39, 0.29) is 0 Å². The number of pyridine rings is 1. The molecule has 1 N–H and O–H groups in total. The third kappa shape index (κ3) is 2.61. The van der Waals surface area contributed by atoms with Crippen LogP contribution >= 0.6 is 34.8 Å². The molecule has 1 aromatic rings. The predicted molar refractivity (Wildman–Crippen MR) is 52.2 cm³/mol. The number of halogens is 3. The van der Waals surface area contributed by atoms with Gasteiger partial charge in [0, 0.05) is 12.3 Å². The number of aliphatic hydroxyl groups is 1. The van der Waals surface area contributed by atoms with Crippen LogP contribution in [0.1, 0.15) is 6.23 Å². The summed E-state index contributed by atoms with van der Waals surface area (Å²) in [6.45, 7) is 0. The van der Waals surface area contributed by atoms with Crippen molar-refractivity contribution in [3.8, 4) is 0 Å². The Morgan fingerprint density at radius 1 is 1.38 bits per heavy atom. The number of aliphatic hydroxyl groups excluding tert-OH is 1. The number of nitrogens with zero attached hydrogens (tertiary/aromatic N) is 1. The summed E-state index contributed by atoms with van der Waals surface area (Å²) >= 11 is 16.2. The van der Waals surface area contributed by atoms with E-state index < -0.39 is 15.6 Å². The van der Waals surface area contributed by atoms with Crippen LogP contribution in [0.15, 0.2) is 29.2 Å². The van der Waals surface area contributed by atoms with Gasteiger partial charge in [-0.25, -0.2) is 0 Å². The van der Waals surface area contributed by atoms with Gasteiger partial charge in [-0.1, -0.05) is 40.9 Å². The Kier molecular flexibility index (Phi) is 3.24. The van der Waals surface area contributed by atoms with Crippen molar-refractivity contribution in [3.63, 3.8) is 0 Å². The second kappa shape index (κ2) is 3.88. The minimum atomic E-state index is -1.91. The van der Waals surface area contributed by atoms with E-state index in [0.29, 0.717) is 0 Å². The fourth-order valence-electron chi connectivity index (χ4n) is 0.800. The zero-order valence-corrected chi connectivity index (χ0v) is 8.59. The zero-order valence-electron chi connectivity index (χ0n) is 6.32. The molecule has 3 nitrogen and oxygen atoms in total. The van der Waals surface area contributed by atoms with Gasteiger partial charge in [0.15, 0.2) is 6.23 Å². The van der Waals surface area contributed by atoms with Crippen molar-refractivity contribution in [2.75, 3.05) is 0 Å². The summed E-state index contributed by atoms with van der Waals surface area (Å²) in [6, 6.07) is 4.35. The molecule has 0 amide bonds. The quantitative estimate of drug-likeness (QED) is 0.762. The molecule has 0 aliphatic carbocycles. The zero-order chi connectivity index (χ0) is 10.1. The van der Waals surface area contributed by atoms with Crippen LogP contribution in [0.3, 0.4) is 0 Å². The molecule has 72 valence electrons. The second-order valence-corrected chi connectivity index (χ2v) is 4.73. The largest absolute Gasteiger partial charge is 0.369 e. The van der Waals surface area contributed by atoms with Gasteiger partial charge in [0.1, 0.15) is 0 Å². The molecule has 0 saturated carbocycles. The van der Waals surface area contributed by atoms with Gasteiger partial charge in [-0.15, -0.1) is 0 Å². The van der Waals surface area contributed by atoms with Crippen LogP contribution in [0.25, 0.3) is 0 Å². The van der Waals surface area contributed by atoms with Crippen LogP contribution in [-0.4, -0.2) is 13.5 Å². The number of alkyl halides is 3. The maximum absolute atomic E-state index is 11.1. The van der Waals surface area contributed by atoms with E-state index in [1.807, 2.05) is 0 Å². The van der Waals surface area contributed by atoms with Gasteiger partial charge in [-0.2, -0.15) is 0 Å². The average Bonchev–Trinajstić information content (AvgIpc) is 2.02. The monoisotopic (exact) mass is 241 g/mol. The first-order chi connectivity index (χ1) is 5.93. The molecule has 1 heterocycles. The molecule has 0 spiro atoms. The Bertz CT molecular complexity index is 344. The molecule has 0 saturated heterocycles. The van der Waals surface area contributed by atoms with E-state index in [9.17, 15) is 9.90 Å². The molecular formula is C7H6Cl3NO2. The molecule has 0 aliphatic rings. The maximum Gasteiger partial charge on any atom is 0.252 e. The summed E-state index contributed by atoms with van der Waals surface area (Å²) in [5.41, 5.74) is -0.429. The summed E-state index contributed by atoms with van der Waals surface area (Å²) in [7, 11) is 0. The highest BCUT2D eigenvalue weighted by Crippen LogP contribution is 2.35. The van der Waals surface area contributed by atoms with Crippen LogP contribution in [0, 0.1) is 0 Å². The number of hydrogen-bond acceptors (Lipinski definition) is 2. The Balaban J connectivity index is 3.10. The molecule has 0 bridgehead atoms. The second-order valence-electron chi connectivity index (χ2n) is 2.36. The third-order valence-corrected chi connectivity index (χ3v) is 1.99. The summed E-state index contributed by atoms with van der Waals surface area (Å²) in [5.74, 6) is 0. The first-order valence-electron chi connectivity index (χ1n) is 3.35. The highest BCUT2D eigenvalue weighted by Gasteiger charge is 2.32. The highest BCUT2D eigenvalue weighted by atomic mass is 35.6. The third-order valence-electron chi connectivity index (χ3n) is 1.41. The van der Waals surface area contributed by atoms with E-state index in [2.05, 4.69) is 0 Å². The van der Waals surface area contributed by atoms with E-state index in [1.165, 1.54) is 18.3 Å². The van der Waals surface area contributed by atoms with Gasteiger partial charge in [-0.05, 0) is 6.07 Å². The van der Waals surface area contributed by atoms with Crippen molar-refractivity contribution in [2.45, 2.75) is 10.0 Å². The molecule has 1 aromatic heterocycles. The standard InChI is InChI=1S/C7H6Cl3NO2/c8-7(9,10)6(13)11-4-2-1-3-5(11)12/h1-4,6,13H/t6-/m0/s1. The first kappa shape index (κ1) is 10.9. The maximum atomic E-state index is 11.1. The Labute approximate surface area is 89.5 Å². The molecule has 1 atom stereocenters. The first-order valence-corrected chi connectivity index (χ1v) is 4.48. The average molecular weight is 242 g/mol. The van der Waals surface area contributed by atoms with Gasteiger partial charge in [0.2, 0.25) is 3.79 Å². The Morgan fingerprint density at radius 2 is 2.00 bits per heavy atom. The minimum absolute atomic E-state index is 0.429. The normalized spacial score (nSPS) is 14.2. The van der Waals surface area contributed by atoms with Crippen molar-refractivity contribution < 1.29 is 5.11 Å². The summed E-state index contributed by atoms with van der Waals surface area (Å²) in [5, 5.41) is 9.40. The fourth-order valence-corrected chi connectivity index (χ4v) is 1.11. The van der Waals surface area contributed by atoms with E-state index in [1.54, 1.807) is 6.07 Å². The van der Waals surface area contributed by atoms with Crippen molar-refractivity contribution in [2.24, 2.45) is 0 Å². The summed E-state index contributed by atoms with van der Waals surface area (Å²) < 4.78 is -0.974. The SMILES string of the molecule is O=c1ccccn1[C@@H](O)C(Cl)(Cl)Cl. The van der Waals surface area contributed by atoms with Crippen molar-refractivity contribution in [3.05, 3.63) is 34.7 Å². The predicted octanol–water partition coefficient (Wildman–Crippen LogP) is 1.71. The van der Waals surface area contributed by atoms with Gasteiger partial charge in [0.25, 0.3) is 5.56 Å². The molecule has 1 rings (SSSR count). The van der Waals surface area contributed by atoms with Crippen LogP contribution < -0.4 is 5.56 Å². The number of rotatable bonds is 1. The Hall–Kier alpha value is -0.220. The van der Waals surface area contributed by atoms with E-state index in [0.717, 1.165) is 4.57 Å². The fraction of sp³-hybridized carbons (Fsp3) is 0.286. The number of hydrogen-bond donors (Lipinski definition) is 1. The van der Waals surface area contributed by atoms with E-state index >= 15 is 0 Å². The van der Waals surface area contributed by atoms with Crippen molar-refractivity contribution in [1.82, 2.24) is 4.57 Å². The topological polar surface area (TPSA) is 42.2 Å². The molecule has 0 aromatic carbocycles. The van der Waals surface area contributed by atoms with Gasteiger partial charge < -0.3 is 5.11 Å². The highest BCUT2D eigenvalue weighted by molar-refractivity contribution is 6.67. The molecule has 13 heavy (non-hydrogen) atoms. The molecule has 0 unspecified atom stereocenters. The van der Waals surface area contributed by atoms with Crippen LogP contribution in [0.5, 0.6) is 0 Å². The molecule has 0 radical (unpaired) electrons. The van der Waals surface area contributed by atoms with E-state index in [4.69, 9.17) is 34.8 Å². The molecule has 0 aliphatic heterocycles. The summed E-state index contributed by atoms with van der Waals surface area (Å²) in [6.07, 6.45) is -0.138. The lowest BCUT2D eigenvalue weighted by atomic mass is 10.4. The Morgan fingerprint density at radius 3 is 2.46 bits per heavy atom. The molecular weight excluding hydrogens is 236 g/mol. The van der Waals surface area contributed by atoms with Crippen LogP contribution in [0.2, 0.25) is 0 Å². The summed E-state index contributed by atoms with van der Waals surface area (Å²) in [4.78, 5) is 11.1. The lowest BCUT2D eigenvalue weighted by Crippen LogP contribution is -2.31.